The number of carbonyl (C=O) groups is 2. The lowest BCUT2D eigenvalue weighted by atomic mass is 9.96. The maximum absolute atomic E-state index is 12.4. The Morgan fingerprint density at radius 1 is 1.30 bits per heavy atom. The summed E-state index contributed by atoms with van der Waals surface area (Å²) in [6.07, 6.45) is 1.71. The van der Waals surface area contributed by atoms with Gasteiger partial charge in [-0.1, -0.05) is 6.07 Å². The average Bonchev–Trinajstić information content (AvgIpc) is 2.99. The smallest absolute Gasteiger partial charge is 0.335 e. The standard InChI is InChI=1S/C15H18N2O3/c18-14(12-3-5-16-8-12)17-6-4-10-1-2-11(15(19)20)7-13(10)9-17/h1-2,7,12,16H,3-6,8-9H2,(H,19,20). The lowest BCUT2D eigenvalue weighted by molar-refractivity contribution is -0.135. The monoisotopic (exact) mass is 274 g/mol. The van der Waals surface area contributed by atoms with Gasteiger partial charge in [0.1, 0.15) is 0 Å². The van der Waals surface area contributed by atoms with Gasteiger partial charge in [0.2, 0.25) is 5.91 Å². The summed E-state index contributed by atoms with van der Waals surface area (Å²) in [5, 5.41) is 12.3. The van der Waals surface area contributed by atoms with E-state index >= 15 is 0 Å². The zero-order chi connectivity index (χ0) is 14.1. The maximum Gasteiger partial charge on any atom is 0.335 e. The third kappa shape index (κ3) is 2.41. The van der Waals surface area contributed by atoms with Gasteiger partial charge in [-0.25, -0.2) is 4.79 Å². The van der Waals surface area contributed by atoms with Crippen LogP contribution in [0.1, 0.15) is 27.9 Å². The number of nitrogens with zero attached hydrogens (tertiary/aromatic N) is 1. The highest BCUT2D eigenvalue weighted by atomic mass is 16.4. The van der Waals surface area contributed by atoms with Gasteiger partial charge in [0.05, 0.1) is 11.5 Å². The number of carbonyl (C=O) groups excluding carboxylic acids is 1. The third-order valence-corrected chi connectivity index (χ3v) is 4.19. The van der Waals surface area contributed by atoms with Crippen LogP contribution in [0.15, 0.2) is 18.2 Å². The van der Waals surface area contributed by atoms with Gasteiger partial charge < -0.3 is 15.3 Å². The Kier molecular flexibility index (Phi) is 3.44. The van der Waals surface area contributed by atoms with Crippen LogP contribution >= 0.6 is 0 Å². The Bertz CT molecular complexity index is 550. The van der Waals surface area contributed by atoms with Crippen molar-refractivity contribution in [1.82, 2.24) is 10.2 Å². The zero-order valence-corrected chi connectivity index (χ0v) is 11.3. The molecule has 1 saturated heterocycles. The largest absolute Gasteiger partial charge is 0.478 e. The van der Waals surface area contributed by atoms with E-state index in [9.17, 15) is 9.59 Å². The minimum Gasteiger partial charge on any atom is -0.478 e. The number of nitrogens with one attached hydrogen (secondary N) is 1. The molecule has 1 atom stereocenters. The molecule has 2 aliphatic rings. The quantitative estimate of drug-likeness (QED) is 0.840. The van der Waals surface area contributed by atoms with Gasteiger partial charge in [-0.3, -0.25) is 4.79 Å². The number of carboxylic acid groups (broad SMARTS) is 1. The fourth-order valence-corrected chi connectivity index (χ4v) is 3.00. The number of hydrogen-bond acceptors (Lipinski definition) is 3. The highest BCUT2D eigenvalue weighted by Crippen LogP contribution is 2.23. The van der Waals surface area contributed by atoms with Crippen molar-refractivity contribution >= 4 is 11.9 Å². The number of aromatic carboxylic acids is 1. The first-order chi connectivity index (χ1) is 9.65. The van der Waals surface area contributed by atoms with Gasteiger partial charge >= 0.3 is 5.97 Å². The molecule has 0 saturated carbocycles. The molecule has 2 N–H and O–H groups in total. The van der Waals surface area contributed by atoms with Crippen LogP contribution in [-0.2, 0) is 17.8 Å². The maximum atomic E-state index is 12.4. The number of carboxylic acids is 1. The highest BCUT2D eigenvalue weighted by Gasteiger charge is 2.29. The summed E-state index contributed by atoms with van der Waals surface area (Å²) in [5.41, 5.74) is 2.42. The Labute approximate surface area is 117 Å². The molecule has 1 aromatic rings. The Morgan fingerprint density at radius 2 is 2.15 bits per heavy atom. The van der Waals surface area contributed by atoms with Crippen molar-refractivity contribution < 1.29 is 14.7 Å². The molecule has 5 nitrogen and oxygen atoms in total. The topological polar surface area (TPSA) is 69.6 Å². The van der Waals surface area contributed by atoms with Gasteiger partial charge in [-0.05, 0) is 42.6 Å². The highest BCUT2D eigenvalue weighted by molar-refractivity contribution is 5.88. The predicted octanol–water partition coefficient (Wildman–Crippen LogP) is 0.879. The molecule has 1 amide bonds. The van der Waals surface area contributed by atoms with E-state index in [4.69, 9.17) is 5.11 Å². The van der Waals surface area contributed by atoms with Gasteiger partial charge in [-0.2, -0.15) is 0 Å². The Morgan fingerprint density at radius 3 is 2.85 bits per heavy atom. The molecule has 0 radical (unpaired) electrons. The number of benzene rings is 1. The van der Waals surface area contributed by atoms with Crippen molar-refractivity contribution in [2.75, 3.05) is 19.6 Å². The summed E-state index contributed by atoms with van der Waals surface area (Å²) in [6.45, 7) is 2.93. The summed E-state index contributed by atoms with van der Waals surface area (Å²) in [5.74, 6) is -0.642. The molecule has 20 heavy (non-hydrogen) atoms. The van der Waals surface area contributed by atoms with E-state index in [1.54, 1.807) is 12.1 Å². The fraction of sp³-hybridized carbons (Fsp3) is 0.467. The summed E-state index contributed by atoms with van der Waals surface area (Å²) in [7, 11) is 0. The Hall–Kier alpha value is -1.88. The molecular weight excluding hydrogens is 256 g/mol. The van der Waals surface area contributed by atoms with Crippen LogP contribution < -0.4 is 5.32 Å². The van der Waals surface area contributed by atoms with Crippen LogP contribution in [0.2, 0.25) is 0 Å². The predicted molar refractivity (Wildman–Crippen MR) is 73.5 cm³/mol. The second kappa shape index (κ2) is 5.25. The van der Waals surface area contributed by atoms with Crippen LogP contribution in [0.5, 0.6) is 0 Å². The van der Waals surface area contributed by atoms with E-state index < -0.39 is 5.97 Å². The molecule has 106 valence electrons. The number of fused-ring (bicyclic) bond motifs is 1. The number of rotatable bonds is 2. The summed E-state index contributed by atoms with van der Waals surface area (Å²) in [4.78, 5) is 25.3. The molecular formula is C15H18N2O3. The molecule has 3 rings (SSSR count). The van der Waals surface area contributed by atoms with Crippen molar-refractivity contribution in [2.24, 2.45) is 5.92 Å². The minimum atomic E-state index is -0.920. The molecule has 5 heteroatoms. The van der Waals surface area contributed by atoms with Crippen molar-refractivity contribution in [3.63, 3.8) is 0 Å². The average molecular weight is 274 g/mol. The molecule has 1 aromatic carbocycles. The second-order valence-electron chi connectivity index (χ2n) is 5.49. The molecule has 0 spiro atoms. The van der Waals surface area contributed by atoms with Crippen LogP contribution in [0.3, 0.4) is 0 Å². The first kappa shape index (κ1) is 13.1. The number of hydrogen-bond donors (Lipinski definition) is 2. The van der Waals surface area contributed by atoms with Crippen LogP contribution in [0, 0.1) is 5.92 Å². The van der Waals surface area contributed by atoms with E-state index in [1.165, 1.54) is 0 Å². The zero-order valence-electron chi connectivity index (χ0n) is 11.3. The van der Waals surface area contributed by atoms with Crippen LogP contribution in [0.25, 0.3) is 0 Å². The third-order valence-electron chi connectivity index (χ3n) is 4.19. The van der Waals surface area contributed by atoms with E-state index in [0.717, 1.165) is 43.6 Å². The molecule has 0 aromatic heterocycles. The first-order valence-electron chi connectivity index (χ1n) is 7.00. The van der Waals surface area contributed by atoms with E-state index in [-0.39, 0.29) is 11.8 Å². The summed E-state index contributed by atoms with van der Waals surface area (Å²) in [6, 6.07) is 5.21. The minimum absolute atomic E-state index is 0.0826. The van der Waals surface area contributed by atoms with Crippen molar-refractivity contribution in [3.8, 4) is 0 Å². The fourth-order valence-electron chi connectivity index (χ4n) is 3.00. The molecule has 2 aliphatic heterocycles. The van der Waals surface area contributed by atoms with E-state index in [2.05, 4.69) is 5.32 Å². The SMILES string of the molecule is O=C(O)c1ccc2c(c1)CN(C(=O)C1CCNC1)CC2. The van der Waals surface area contributed by atoms with Gasteiger partial charge in [-0.15, -0.1) is 0 Å². The van der Waals surface area contributed by atoms with Crippen LogP contribution in [-0.4, -0.2) is 41.5 Å². The van der Waals surface area contributed by atoms with Crippen molar-refractivity contribution in [1.29, 1.82) is 0 Å². The van der Waals surface area contributed by atoms with Crippen LogP contribution in [0.4, 0.5) is 0 Å². The lowest BCUT2D eigenvalue weighted by Gasteiger charge is -2.31. The van der Waals surface area contributed by atoms with Crippen molar-refractivity contribution in [3.05, 3.63) is 34.9 Å². The summed E-state index contributed by atoms with van der Waals surface area (Å²) >= 11 is 0. The molecule has 0 bridgehead atoms. The van der Waals surface area contributed by atoms with E-state index in [0.29, 0.717) is 12.1 Å². The van der Waals surface area contributed by atoms with Gasteiger partial charge in [0.15, 0.2) is 0 Å². The first-order valence-corrected chi connectivity index (χ1v) is 7.00. The lowest BCUT2D eigenvalue weighted by Crippen LogP contribution is -2.40. The molecule has 0 aliphatic carbocycles. The normalized spacial score (nSPS) is 21.6. The molecule has 1 unspecified atom stereocenters. The molecule has 1 fully saturated rings. The second-order valence-corrected chi connectivity index (χ2v) is 5.49. The molecule has 2 heterocycles. The van der Waals surface area contributed by atoms with E-state index in [1.807, 2.05) is 11.0 Å². The van der Waals surface area contributed by atoms with Gasteiger partial charge in [0.25, 0.3) is 0 Å². The van der Waals surface area contributed by atoms with Gasteiger partial charge in [0, 0.05) is 19.6 Å². The van der Waals surface area contributed by atoms with Crippen molar-refractivity contribution in [2.45, 2.75) is 19.4 Å². The Balaban J connectivity index is 1.78. The summed E-state index contributed by atoms with van der Waals surface area (Å²) < 4.78 is 0. The number of amides is 1.